The first kappa shape index (κ1) is 19.1. The molecule has 0 spiro atoms. The van der Waals surface area contributed by atoms with Crippen LogP contribution in [0.15, 0.2) is 0 Å². The highest BCUT2D eigenvalue weighted by Crippen LogP contribution is 2.11. The summed E-state index contributed by atoms with van der Waals surface area (Å²) in [4.78, 5) is 22.2. The predicted molar refractivity (Wildman–Crippen MR) is 79.2 cm³/mol. The van der Waals surface area contributed by atoms with Crippen LogP contribution in [-0.4, -0.2) is 23.1 Å². The van der Waals surface area contributed by atoms with E-state index in [2.05, 4.69) is 11.7 Å². The van der Waals surface area contributed by atoms with E-state index < -0.39 is 18.0 Å². The first-order chi connectivity index (χ1) is 9.57. The highest BCUT2D eigenvalue weighted by molar-refractivity contribution is 5.87. The normalized spacial score (nSPS) is 12.2. The van der Waals surface area contributed by atoms with Gasteiger partial charge in [-0.05, 0) is 13.3 Å². The van der Waals surface area contributed by atoms with Gasteiger partial charge in [0.25, 0.3) is 0 Å². The number of aliphatic hydroxyl groups excluding tert-OH is 1. The molecule has 4 nitrogen and oxygen atoms in total. The molecule has 1 unspecified atom stereocenters. The highest BCUT2D eigenvalue weighted by Gasteiger charge is 2.14. The Kier molecular flexibility index (Phi) is 12.5. The van der Waals surface area contributed by atoms with E-state index in [1.54, 1.807) is 0 Å². The summed E-state index contributed by atoms with van der Waals surface area (Å²) in [5.41, 5.74) is 0. The van der Waals surface area contributed by atoms with Gasteiger partial charge >= 0.3 is 11.9 Å². The molecule has 0 aliphatic carbocycles. The molecule has 4 heteroatoms. The van der Waals surface area contributed by atoms with Crippen LogP contribution in [0.1, 0.15) is 84.5 Å². The Labute approximate surface area is 122 Å². The van der Waals surface area contributed by atoms with Gasteiger partial charge in [-0.2, -0.15) is 0 Å². The minimum atomic E-state index is -1.23. The average Bonchev–Trinajstić information content (AvgIpc) is 2.40. The highest BCUT2D eigenvalue weighted by atomic mass is 16.6. The Morgan fingerprint density at radius 1 is 0.900 bits per heavy atom. The van der Waals surface area contributed by atoms with Crippen molar-refractivity contribution in [3.05, 3.63) is 0 Å². The fourth-order valence-electron chi connectivity index (χ4n) is 2.01. The third-order valence-electron chi connectivity index (χ3n) is 3.29. The standard InChI is InChI=1S/C16H30O4/c1-3-4-5-6-7-8-9-10-11-12-13-15(18)20-16(19)14(2)17/h14,17H,3-13H2,1-2H3. The molecule has 0 saturated heterocycles. The van der Waals surface area contributed by atoms with Gasteiger partial charge in [0.15, 0.2) is 0 Å². The first-order valence-corrected chi connectivity index (χ1v) is 8.00. The van der Waals surface area contributed by atoms with Crippen molar-refractivity contribution in [3.8, 4) is 0 Å². The Bertz CT molecular complexity index is 261. The van der Waals surface area contributed by atoms with E-state index in [-0.39, 0.29) is 6.42 Å². The van der Waals surface area contributed by atoms with Crippen LogP contribution in [0.3, 0.4) is 0 Å². The summed E-state index contributed by atoms with van der Waals surface area (Å²) in [6, 6.07) is 0. The van der Waals surface area contributed by atoms with Crippen LogP contribution >= 0.6 is 0 Å². The SMILES string of the molecule is CCCCCCCCCCCCC(=O)OC(=O)C(C)O. The molecular formula is C16H30O4. The molecular weight excluding hydrogens is 256 g/mol. The van der Waals surface area contributed by atoms with E-state index in [0.29, 0.717) is 0 Å². The minimum Gasteiger partial charge on any atom is -0.391 e. The molecule has 0 amide bonds. The lowest BCUT2D eigenvalue weighted by Gasteiger charge is -2.05. The lowest BCUT2D eigenvalue weighted by Crippen LogP contribution is -2.22. The third kappa shape index (κ3) is 12.2. The molecule has 0 rings (SSSR count). The van der Waals surface area contributed by atoms with E-state index in [1.165, 1.54) is 51.9 Å². The Balaban J connectivity index is 3.27. The van der Waals surface area contributed by atoms with Crippen molar-refractivity contribution < 1.29 is 19.4 Å². The minimum absolute atomic E-state index is 0.259. The predicted octanol–water partition coefficient (Wildman–Crippen LogP) is 3.75. The number of aliphatic hydroxyl groups is 1. The molecule has 0 aliphatic heterocycles. The molecule has 0 aromatic rings. The lowest BCUT2D eigenvalue weighted by atomic mass is 10.1. The molecule has 20 heavy (non-hydrogen) atoms. The van der Waals surface area contributed by atoms with Crippen molar-refractivity contribution in [1.29, 1.82) is 0 Å². The van der Waals surface area contributed by atoms with Crippen LogP contribution in [-0.2, 0) is 14.3 Å². The van der Waals surface area contributed by atoms with Crippen molar-refractivity contribution in [2.75, 3.05) is 0 Å². The van der Waals surface area contributed by atoms with Crippen molar-refractivity contribution >= 4 is 11.9 Å². The van der Waals surface area contributed by atoms with Crippen molar-refractivity contribution in [1.82, 2.24) is 0 Å². The molecule has 1 atom stereocenters. The van der Waals surface area contributed by atoms with Gasteiger partial charge in [-0.15, -0.1) is 0 Å². The van der Waals surface area contributed by atoms with Gasteiger partial charge in [0.05, 0.1) is 0 Å². The second-order valence-corrected chi connectivity index (χ2v) is 5.40. The maximum Gasteiger partial charge on any atom is 0.342 e. The molecule has 0 aromatic heterocycles. The zero-order valence-electron chi connectivity index (χ0n) is 13.0. The summed E-state index contributed by atoms with van der Waals surface area (Å²) in [7, 11) is 0. The number of hydrogen-bond acceptors (Lipinski definition) is 4. The van der Waals surface area contributed by atoms with E-state index in [4.69, 9.17) is 5.11 Å². The maximum absolute atomic E-state index is 11.2. The van der Waals surface area contributed by atoms with Gasteiger partial charge in [-0.1, -0.05) is 64.7 Å². The number of hydrogen-bond donors (Lipinski definition) is 1. The van der Waals surface area contributed by atoms with E-state index in [9.17, 15) is 9.59 Å². The van der Waals surface area contributed by atoms with Crippen LogP contribution in [0.25, 0.3) is 0 Å². The quantitative estimate of drug-likeness (QED) is 0.337. The zero-order valence-corrected chi connectivity index (χ0v) is 13.0. The molecule has 0 bridgehead atoms. The second kappa shape index (κ2) is 13.1. The Morgan fingerprint density at radius 3 is 1.80 bits per heavy atom. The fraction of sp³-hybridized carbons (Fsp3) is 0.875. The molecule has 0 fully saturated rings. The maximum atomic E-state index is 11.2. The third-order valence-corrected chi connectivity index (χ3v) is 3.29. The largest absolute Gasteiger partial charge is 0.391 e. The number of unbranched alkanes of at least 4 members (excludes halogenated alkanes) is 9. The summed E-state index contributed by atoms with van der Waals surface area (Å²) in [6.07, 6.45) is 11.0. The van der Waals surface area contributed by atoms with Crippen LogP contribution < -0.4 is 0 Å². The number of ether oxygens (including phenoxy) is 1. The van der Waals surface area contributed by atoms with E-state index in [0.717, 1.165) is 19.3 Å². The molecule has 118 valence electrons. The second-order valence-electron chi connectivity index (χ2n) is 5.40. The van der Waals surface area contributed by atoms with Gasteiger partial charge in [0, 0.05) is 6.42 Å². The number of rotatable bonds is 12. The fourth-order valence-corrected chi connectivity index (χ4v) is 2.01. The summed E-state index contributed by atoms with van der Waals surface area (Å²) in [6.45, 7) is 3.51. The summed E-state index contributed by atoms with van der Waals surface area (Å²) in [5, 5.41) is 8.89. The first-order valence-electron chi connectivity index (χ1n) is 8.00. The number of carbonyl (C=O) groups is 2. The van der Waals surface area contributed by atoms with Crippen LogP contribution in [0.2, 0.25) is 0 Å². The molecule has 0 saturated carbocycles. The van der Waals surface area contributed by atoms with Crippen LogP contribution in [0.5, 0.6) is 0 Å². The number of carbonyl (C=O) groups excluding carboxylic acids is 2. The van der Waals surface area contributed by atoms with E-state index in [1.807, 2.05) is 0 Å². The van der Waals surface area contributed by atoms with Gasteiger partial charge in [0.1, 0.15) is 6.10 Å². The monoisotopic (exact) mass is 286 g/mol. The molecule has 0 heterocycles. The van der Waals surface area contributed by atoms with Gasteiger partial charge in [0.2, 0.25) is 0 Å². The number of esters is 2. The van der Waals surface area contributed by atoms with Crippen molar-refractivity contribution in [3.63, 3.8) is 0 Å². The topological polar surface area (TPSA) is 63.6 Å². The summed E-state index contributed by atoms with van der Waals surface area (Å²) in [5.74, 6) is -1.39. The zero-order chi connectivity index (χ0) is 15.2. The van der Waals surface area contributed by atoms with Crippen molar-refractivity contribution in [2.45, 2.75) is 90.6 Å². The van der Waals surface area contributed by atoms with Crippen LogP contribution in [0.4, 0.5) is 0 Å². The molecule has 0 aromatic carbocycles. The summed E-state index contributed by atoms with van der Waals surface area (Å²) >= 11 is 0. The smallest absolute Gasteiger partial charge is 0.342 e. The van der Waals surface area contributed by atoms with Crippen LogP contribution in [0, 0.1) is 0 Å². The summed E-state index contributed by atoms with van der Waals surface area (Å²) < 4.78 is 4.47. The Morgan fingerprint density at radius 2 is 1.35 bits per heavy atom. The van der Waals surface area contributed by atoms with Gasteiger partial charge in [-0.25, -0.2) is 4.79 Å². The lowest BCUT2D eigenvalue weighted by molar-refractivity contribution is -0.165. The molecule has 1 N–H and O–H groups in total. The van der Waals surface area contributed by atoms with Gasteiger partial charge < -0.3 is 9.84 Å². The Hall–Kier alpha value is -0.900. The van der Waals surface area contributed by atoms with Gasteiger partial charge in [-0.3, -0.25) is 4.79 Å². The van der Waals surface area contributed by atoms with E-state index >= 15 is 0 Å². The average molecular weight is 286 g/mol. The molecule has 0 radical (unpaired) electrons. The molecule has 0 aliphatic rings. The van der Waals surface area contributed by atoms with Crippen molar-refractivity contribution in [2.24, 2.45) is 0 Å².